The SMILES string of the molecule is O=C(O)[C@H]1C2CCC(CC2)[C@@H]1Nc1nc(-c2c[nH]c3ncc(F)cc23)nc2cc(F)cnc12. The smallest absolute Gasteiger partial charge is 0.308 e. The van der Waals surface area contributed by atoms with Gasteiger partial charge in [0.2, 0.25) is 0 Å². The summed E-state index contributed by atoms with van der Waals surface area (Å²) in [6.07, 6.45) is 7.55. The number of halogens is 2. The summed E-state index contributed by atoms with van der Waals surface area (Å²) in [7, 11) is 0. The monoisotopic (exact) mass is 450 g/mol. The van der Waals surface area contributed by atoms with Gasteiger partial charge in [0.25, 0.3) is 0 Å². The highest BCUT2D eigenvalue weighted by molar-refractivity contribution is 5.94. The number of carboxylic acids is 1. The first-order valence-electron chi connectivity index (χ1n) is 10.9. The van der Waals surface area contributed by atoms with Crippen LogP contribution in [0, 0.1) is 29.4 Å². The summed E-state index contributed by atoms with van der Waals surface area (Å²) in [6.45, 7) is 0. The maximum absolute atomic E-state index is 14.0. The van der Waals surface area contributed by atoms with Crippen molar-refractivity contribution in [1.29, 1.82) is 0 Å². The summed E-state index contributed by atoms with van der Waals surface area (Å²) in [4.78, 5) is 32.4. The van der Waals surface area contributed by atoms with Gasteiger partial charge in [-0.2, -0.15) is 0 Å². The molecule has 4 aromatic heterocycles. The second kappa shape index (κ2) is 7.43. The molecule has 0 radical (unpaired) electrons. The molecular weight excluding hydrogens is 430 g/mol. The molecule has 2 bridgehead atoms. The van der Waals surface area contributed by atoms with E-state index in [4.69, 9.17) is 0 Å². The lowest BCUT2D eigenvalue weighted by atomic mass is 9.61. The average Bonchev–Trinajstić information content (AvgIpc) is 3.22. The quantitative estimate of drug-likeness (QED) is 0.428. The zero-order chi connectivity index (χ0) is 22.7. The van der Waals surface area contributed by atoms with E-state index in [0.717, 1.165) is 38.1 Å². The standard InChI is InChI=1S/C23H20F2N6O2/c24-12-5-14-15(9-28-20(14)27-8-12)21-29-16-6-13(25)7-26-19(16)22(31-21)30-18-11-3-1-10(2-4-11)17(18)23(32)33/h5-11,17-18H,1-4H2,(H,27,28)(H,32,33)(H,29,30,31)/t10?,11?,17-,18-/m0/s1. The number of carbonyl (C=O) groups is 1. The molecule has 33 heavy (non-hydrogen) atoms. The molecule has 3 saturated carbocycles. The number of aliphatic carboxylic acids is 1. The average molecular weight is 450 g/mol. The number of nitrogens with one attached hydrogen (secondary N) is 2. The molecule has 3 fully saturated rings. The number of carboxylic acid groups (broad SMARTS) is 1. The van der Waals surface area contributed by atoms with E-state index in [-0.39, 0.29) is 29.2 Å². The number of aromatic amines is 1. The molecular formula is C23H20F2N6O2. The van der Waals surface area contributed by atoms with Gasteiger partial charge in [-0.25, -0.2) is 28.7 Å². The molecule has 168 valence electrons. The topological polar surface area (TPSA) is 117 Å². The van der Waals surface area contributed by atoms with E-state index in [9.17, 15) is 18.7 Å². The van der Waals surface area contributed by atoms with Crippen LogP contribution in [0.1, 0.15) is 25.7 Å². The van der Waals surface area contributed by atoms with Crippen molar-refractivity contribution in [3.05, 3.63) is 42.4 Å². The van der Waals surface area contributed by atoms with Crippen molar-refractivity contribution >= 4 is 33.9 Å². The second-order valence-electron chi connectivity index (χ2n) is 8.88. The number of pyridine rings is 2. The van der Waals surface area contributed by atoms with E-state index < -0.39 is 23.5 Å². The number of hydrogen-bond donors (Lipinski definition) is 3. The van der Waals surface area contributed by atoms with Crippen molar-refractivity contribution < 1.29 is 18.7 Å². The van der Waals surface area contributed by atoms with Gasteiger partial charge in [-0.15, -0.1) is 0 Å². The largest absolute Gasteiger partial charge is 0.481 e. The van der Waals surface area contributed by atoms with Crippen molar-refractivity contribution in [2.75, 3.05) is 5.32 Å². The summed E-state index contributed by atoms with van der Waals surface area (Å²) >= 11 is 0. The minimum Gasteiger partial charge on any atom is -0.481 e. The van der Waals surface area contributed by atoms with Crippen LogP contribution in [0.3, 0.4) is 0 Å². The van der Waals surface area contributed by atoms with Crippen molar-refractivity contribution in [3.8, 4) is 11.4 Å². The molecule has 0 aromatic carbocycles. The summed E-state index contributed by atoms with van der Waals surface area (Å²) in [5.41, 5.74) is 1.60. The third-order valence-corrected chi connectivity index (χ3v) is 7.05. The zero-order valence-corrected chi connectivity index (χ0v) is 17.4. The Morgan fingerprint density at radius 2 is 1.76 bits per heavy atom. The molecule has 10 heteroatoms. The number of aromatic nitrogens is 5. The molecule has 7 rings (SSSR count). The second-order valence-corrected chi connectivity index (χ2v) is 8.88. The Kier molecular flexibility index (Phi) is 4.49. The number of H-pyrrole nitrogens is 1. The van der Waals surface area contributed by atoms with Crippen LogP contribution in [-0.4, -0.2) is 42.0 Å². The highest BCUT2D eigenvalue weighted by Gasteiger charge is 2.47. The minimum absolute atomic E-state index is 0.116. The van der Waals surface area contributed by atoms with Gasteiger partial charge in [-0.05, 0) is 43.6 Å². The van der Waals surface area contributed by atoms with Gasteiger partial charge in [0, 0.05) is 29.3 Å². The van der Waals surface area contributed by atoms with E-state index in [0.29, 0.717) is 27.9 Å². The van der Waals surface area contributed by atoms with Crippen LogP contribution in [0.2, 0.25) is 0 Å². The van der Waals surface area contributed by atoms with Crippen LogP contribution in [0.4, 0.5) is 14.6 Å². The first-order chi connectivity index (χ1) is 16.0. The van der Waals surface area contributed by atoms with Gasteiger partial charge >= 0.3 is 5.97 Å². The van der Waals surface area contributed by atoms with Crippen LogP contribution in [0.25, 0.3) is 33.5 Å². The van der Waals surface area contributed by atoms with E-state index in [1.807, 2.05) is 0 Å². The van der Waals surface area contributed by atoms with E-state index in [2.05, 4.69) is 30.2 Å². The fraction of sp³-hybridized carbons (Fsp3) is 0.348. The molecule has 3 aliphatic carbocycles. The lowest BCUT2D eigenvalue weighted by Crippen LogP contribution is -2.51. The Morgan fingerprint density at radius 1 is 1.03 bits per heavy atom. The van der Waals surface area contributed by atoms with Gasteiger partial charge in [-0.1, -0.05) is 0 Å². The summed E-state index contributed by atoms with van der Waals surface area (Å²) in [6, 6.07) is 2.28. The van der Waals surface area contributed by atoms with Gasteiger partial charge < -0.3 is 15.4 Å². The molecule has 3 aliphatic rings. The van der Waals surface area contributed by atoms with E-state index in [1.54, 1.807) is 6.20 Å². The van der Waals surface area contributed by atoms with Crippen LogP contribution in [0.15, 0.2) is 30.7 Å². The van der Waals surface area contributed by atoms with Crippen molar-refractivity contribution in [3.63, 3.8) is 0 Å². The number of hydrogen-bond acceptors (Lipinski definition) is 6. The van der Waals surface area contributed by atoms with Gasteiger partial charge in [0.15, 0.2) is 11.6 Å². The molecule has 4 aromatic rings. The highest BCUT2D eigenvalue weighted by atomic mass is 19.1. The predicted molar refractivity (Wildman–Crippen MR) is 116 cm³/mol. The Labute approximate surface area is 186 Å². The molecule has 8 nitrogen and oxygen atoms in total. The van der Waals surface area contributed by atoms with E-state index in [1.165, 1.54) is 12.1 Å². The first kappa shape index (κ1) is 20.0. The Balaban J connectivity index is 1.50. The maximum Gasteiger partial charge on any atom is 0.308 e. The highest BCUT2D eigenvalue weighted by Crippen LogP contribution is 2.46. The van der Waals surface area contributed by atoms with Crippen LogP contribution >= 0.6 is 0 Å². The fourth-order valence-corrected chi connectivity index (χ4v) is 5.55. The molecule has 0 saturated heterocycles. The summed E-state index contributed by atoms with van der Waals surface area (Å²) in [5, 5.41) is 13.8. The van der Waals surface area contributed by atoms with Gasteiger partial charge in [-0.3, -0.25) is 4.79 Å². The molecule has 0 spiro atoms. The van der Waals surface area contributed by atoms with Crippen molar-refractivity contribution in [2.45, 2.75) is 31.7 Å². The molecule has 0 unspecified atom stereocenters. The van der Waals surface area contributed by atoms with Crippen LogP contribution in [-0.2, 0) is 4.79 Å². The number of anilines is 1. The Morgan fingerprint density at radius 3 is 2.55 bits per heavy atom. The number of fused-ring (bicyclic) bond motifs is 5. The molecule has 4 heterocycles. The maximum atomic E-state index is 14.0. The normalized spacial score (nSPS) is 24.4. The number of nitrogens with zero attached hydrogens (tertiary/aromatic N) is 4. The van der Waals surface area contributed by atoms with E-state index >= 15 is 0 Å². The fourth-order valence-electron chi connectivity index (χ4n) is 5.55. The minimum atomic E-state index is -0.822. The zero-order valence-electron chi connectivity index (χ0n) is 17.4. The van der Waals surface area contributed by atoms with Crippen LogP contribution in [0.5, 0.6) is 0 Å². The molecule has 0 aliphatic heterocycles. The summed E-state index contributed by atoms with van der Waals surface area (Å²) in [5.74, 6) is -1.50. The lowest BCUT2D eigenvalue weighted by Gasteiger charge is -2.47. The predicted octanol–water partition coefficient (Wildman–Crippen LogP) is 4.15. The van der Waals surface area contributed by atoms with Gasteiger partial charge in [0.05, 0.1) is 23.8 Å². The Bertz CT molecular complexity index is 1400. The van der Waals surface area contributed by atoms with Gasteiger partial charge in [0.1, 0.15) is 22.8 Å². The third-order valence-electron chi connectivity index (χ3n) is 7.05. The van der Waals surface area contributed by atoms with Crippen LogP contribution < -0.4 is 5.32 Å². The molecule has 2 atom stereocenters. The Hall–Kier alpha value is -3.69. The van der Waals surface area contributed by atoms with Crippen molar-refractivity contribution in [1.82, 2.24) is 24.9 Å². The third kappa shape index (κ3) is 3.28. The molecule has 3 N–H and O–H groups in total. The molecule has 0 amide bonds. The lowest BCUT2D eigenvalue weighted by molar-refractivity contribution is -0.148. The van der Waals surface area contributed by atoms with Crippen molar-refractivity contribution in [2.24, 2.45) is 17.8 Å². The first-order valence-corrected chi connectivity index (χ1v) is 10.9. The summed E-state index contributed by atoms with van der Waals surface area (Å²) < 4.78 is 27.9. The number of rotatable bonds is 4.